The van der Waals surface area contributed by atoms with E-state index in [-0.39, 0.29) is 83.1 Å². The Bertz CT molecular complexity index is 4180. The predicted molar refractivity (Wildman–Crippen MR) is 473 cm³/mol. The van der Waals surface area contributed by atoms with Gasteiger partial charge in [0.25, 0.3) is 16.8 Å². The highest BCUT2D eigenvalue weighted by Gasteiger charge is 2.75. The van der Waals surface area contributed by atoms with Crippen LogP contribution in [0.1, 0.15) is 320 Å². The van der Waals surface area contributed by atoms with Gasteiger partial charge in [0.15, 0.2) is 16.8 Å². The molecule has 1 amide bonds. The van der Waals surface area contributed by atoms with Gasteiger partial charge in [-0.1, -0.05) is 82.1 Å². The zero-order chi connectivity index (χ0) is 114. The van der Waals surface area contributed by atoms with E-state index in [0.29, 0.717) is 116 Å². The van der Waals surface area contributed by atoms with Crippen molar-refractivity contribution in [3.05, 3.63) is 0 Å². The number of esters is 4. The number of carboxylic acid groups (broad SMARTS) is 1. The number of rotatable bonds is 26. The molecule has 0 heterocycles. The maximum atomic E-state index is 13.3. The molecule has 0 saturated heterocycles. The van der Waals surface area contributed by atoms with E-state index < -0.39 is 236 Å². The summed E-state index contributed by atoms with van der Waals surface area (Å²) in [5.41, 5.74) is -27.4. The Morgan fingerprint density at radius 1 is 0.354 bits per heavy atom. The van der Waals surface area contributed by atoms with Crippen LogP contribution in [0.4, 0.5) is 119 Å². The van der Waals surface area contributed by atoms with Gasteiger partial charge in [-0.3, -0.25) is 33.5 Å². The second-order valence-corrected chi connectivity index (χ2v) is 47.3. The molecule has 0 aromatic rings. The lowest BCUT2D eigenvalue weighted by molar-refractivity contribution is -0.375. The van der Waals surface area contributed by atoms with Crippen molar-refractivity contribution in [1.29, 1.82) is 0 Å². The summed E-state index contributed by atoms with van der Waals surface area (Å²) in [5, 5.41) is 66.3. The first-order valence-electron chi connectivity index (χ1n) is 48.4. The number of hydrogen-bond acceptors (Lipinski definition) is 18. The molecule has 21 unspecified atom stereocenters. The molecular formula is C96H152F27NO19S. The van der Waals surface area contributed by atoms with Gasteiger partial charge >= 0.3 is 85.4 Å². The number of aliphatic carboxylic acids is 1. The van der Waals surface area contributed by atoms with E-state index >= 15 is 0 Å². The average Bonchev–Trinajstić information content (AvgIpc) is 1.34. The number of fused-ring (bicyclic) bond motifs is 8. The number of amides is 1. The smallest absolute Gasteiger partial charge is 0.426 e. The Morgan fingerprint density at radius 3 is 1.00 bits per heavy atom. The van der Waals surface area contributed by atoms with Gasteiger partial charge in [-0.05, 0) is 314 Å². The molecule has 0 spiro atoms. The number of methoxy groups -OCH3 is 1. The molecule has 144 heavy (non-hydrogen) atoms. The Morgan fingerprint density at radius 2 is 0.715 bits per heavy atom. The summed E-state index contributed by atoms with van der Waals surface area (Å²) in [6.07, 6.45) is -46.4. The topological polar surface area (TPSA) is 327 Å². The third-order valence-electron chi connectivity index (χ3n) is 33.1. The maximum Gasteiger partial charge on any atom is 0.426 e. The minimum atomic E-state index is -5.92. The van der Waals surface area contributed by atoms with E-state index in [1.165, 1.54) is 21.0 Å². The number of hydrogen-bond donors (Lipinski definition) is 8. The number of carbonyl (C=O) groups excluding carboxylic acids is 5. The van der Waals surface area contributed by atoms with Crippen molar-refractivity contribution in [2.75, 3.05) is 13.4 Å². The molecule has 850 valence electrons. The largest absolute Gasteiger partial charge is 0.481 e. The van der Waals surface area contributed by atoms with Gasteiger partial charge in [0.1, 0.15) is 18.3 Å². The van der Waals surface area contributed by atoms with Crippen molar-refractivity contribution in [2.45, 2.75) is 427 Å². The minimum Gasteiger partial charge on any atom is -0.481 e. The summed E-state index contributed by atoms with van der Waals surface area (Å²) in [6.45, 7) is 37.0. The zero-order valence-electron chi connectivity index (χ0n) is 86.3. The fourth-order valence-corrected chi connectivity index (χ4v) is 20.2. The molecular weight excluding hydrogens is 2020 g/mol. The fourth-order valence-electron chi connectivity index (χ4n) is 19.6. The molecule has 9 saturated carbocycles. The molecule has 8 N–H and O–H groups in total. The van der Waals surface area contributed by atoms with Gasteiger partial charge in [0.2, 0.25) is 15.9 Å². The number of ether oxygens (including phenoxy) is 4. The second kappa shape index (κ2) is 47.9. The lowest BCUT2D eigenvalue weighted by atomic mass is 9.67. The van der Waals surface area contributed by atoms with E-state index in [0.717, 1.165) is 32.4 Å². The minimum absolute atomic E-state index is 0.0690. The number of halogens is 27. The molecule has 0 aliphatic heterocycles. The van der Waals surface area contributed by atoms with Crippen LogP contribution in [0.2, 0.25) is 0 Å². The first-order valence-corrected chi connectivity index (χ1v) is 50.3. The van der Waals surface area contributed by atoms with Gasteiger partial charge in [-0.2, -0.15) is 119 Å². The fraction of sp³-hybridized carbons (Fsp3) is 0.938. The van der Waals surface area contributed by atoms with Crippen LogP contribution in [0.5, 0.6) is 0 Å². The van der Waals surface area contributed by atoms with Crippen LogP contribution in [-0.2, 0) is 57.7 Å². The first kappa shape index (κ1) is 135. The van der Waals surface area contributed by atoms with Crippen molar-refractivity contribution >= 4 is 45.8 Å². The van der Waals surface area contributed by atoms with Crippen LogP contribution in [0.25, 0.3) is 0 Å². The van der Waals surface area contributed by atoms with Crippen LogP contribution in [-0.4, -0.2) is 201 Å². The number of carbonyl (C=O) groups is 6. The maximum absolute atomic E-state index is 13.3. The Hall–Kier alpha value is -5.36. The predicted octanol–water partition coefficient (Wildman–Crippen LogP) is 24.5. The molecule has 0 aromatic carbocycles. The SMILES string of the molecule is CC1C2CC(CC(O)(C(F)(F)F)C(F)(F)F)C(C2)C1C.CCC(C)(C)C(=O)NS(C)(=O)=O.CCC(C)(C)C(=O)O.CCC(C)(C)C(=O)OC.CCC(C)(C)C(=O)OC(CC(O)(C(F)(F)F)C(F)(F)F)C1CC2CCC1C2.CCC(C)(C)C(=O)OC1CC(C(C)(O)C(F)(F)F)CC(C(C)(O)C(F)(F)F)C1.CCC(C)(C)C(=O)OC1CC2CC1CC2C(C)(O)C(F)(F)F.OC(CC1CC2CCC1C2)(C(F)(F)F)C(F)(F)F. The van der Waals surface area contributed by atoms with Gasteiger partial charge in [-0.25, -0.2) is 8.42 Å². The zero-order valence-corrected chi connectivity index (χ0v) is 87.1. The van der Waals surface area contributed by atoms with Crippen molar-refractivity contribution in [2.24, 2.45) is 127 Å². The van der Waals surface area contributed by atoms with Gasteiger partial charge in [0.05, 0.1) is 40.4 Å². The van der Waals surface area contributed by atoms with E-state index in [9.17, 15) is 181 Å². The number of carboxylic acids is 1. The molecule has 8 bridgehead atoms. The second-order valence-electron chi connectivity index (χ2n) is 45.5. The summed E-state index contributed by atoms with van der Waals surface area (Å²) in [6, 6.07) is 0. The summed E-state index contributed by atoms with van der Waals surface area (Å²) in [5.74, 6) is -8.84. The lowest BCUT2D eigenvalue weighted by Gasteiger charge is -2.46. The number of alkyl halides is 27. The number of nitrogens with one attached hydrogen (secondary N) is 1. The Labute approximate surface area is 825 Å². The molecule has 21 atom stereocenters. The molecule has 0 radical (unpaired) electrons. The highest BCUT2D eigenvalue weighted by molar-refractivity contribution is 7.89. The molecule has 9 rings (SSSR count). The van der Waals surface area contributed by atoms with E-state index in [2.05, 4.69) is 4.74 Å². The molecule has 48 heteroatoms. The van der Waals surface area contributed by atoms with E-state index in [1.54, 1.807) is 69.2 Å². The molecule has 9 aliphatic carbocycles. The number of aliphatic hydroxyl groups is 6. The Kier molecular flexibility index (Phi) is 44.8. The van der Waals surface area contributed by atoms with Crippen LogP contribution < -0.4 is 4.72 Å². The summed E-state index contributed by atoms with van der Waals surface area (Å²) >= 11 is 0. The van der Waals surface area contributed by atoms with Gasteiger partial charge in [0, 0.05) is 23.7 Å². The lowest BCUT2D eigenvalue weighted by Crippen LogP contribution is -2.59. The molecule has 0 aromatic heterocycles. The van der Waals surface area contributed by atoms with Crippen molar-refractivity contribution in [3.63, 3.8) is 0 Å². The third-order valence-corrected chi connectivity index (χ3v) is 33.6. The molecule has 9 aliphatic rings. The van der Waals surface area contributed by atoms with Crippen LogP contribution in [0.15, 0.2) is 0 Å². The monoisotopic (exact) mass is 2170 g/mol. The summed E-state index contributed by atoms with van der Waals surface area (Å²) in [4.78, 5) is 69.1. The summed E-state index contributed by atoms with van der Waals surface area (Å²) in [7, 11) is -2.00. The van der Waals surface area contributed by atoms with Crippen LogP contribution in [0.3, 0.4) is 0 Å². The van der Waals surface area contributed by atoms with Gasteiger partial charge in [-0.15, -0.1) is 0 Å². The highest BCUT2D eigenvalue weighted by atomic mass is 32.2. The summed E-state index contributed by atoms with van der Waals surface area (Å²) < 4.78 is 393. The molecule has 20 nitrogen and oxygen atoms in total. The molecule has 9 fully saturated rings. The third kappa shape index (κ3) is 33.1. The van der Waals surface area contributed by atoms with Crippen molar-refractivity contribution in [1.82, 2.24) is 4.72 Å². The average molecular weight is 2170 g/mol. The van der Waals surface area contributed by atoms with Crippen LogP contribution in [0, 0.1) is 127 Å². The quantitative estimate of drug-likeness (QED) is 0.0227. The normalized spacial score (nSPS) is 28.0. The van der Waals surface area contributed by atoms with E-state index in [4.69, 9.17) is 24.4 Å². The van der Waals surface area contributed by atoms with Crippen LogP contribution >= 0.6 is 0 Å². The van der Waals surface area contributed by atoms with Crippen molar-refractivity contribution < 1.29 is 210 Å². The standard InChI is InChI=1S/C18H28F6O4.C18H26F6O3.C16H25F3O3.C13H18F6O.C11H14F6O.C7H15NO3S.C7H14O2.C6H12O2/c1-6-14(2,3)13(25)28-12-8-10(15(4,26)17(19,20)21)7-11(9-12)16(5,27)18(22,23)24;1-4-15(2,3)14(25)27-13(12-8-10-5-6-11(12)7-10)9-16(26,17(19,20)21)18(22,23)24;1-5-14(2,3)13(20)22-12-8-9-6-10(12)7-11(9)15(4,21)16(17,18)19;1-6-7(2)10-4-8(6)3-9(10)5-11(20,12(14,15)16)13(17,18)19;12-10(13,14)9(18,11(15,16)17)5-8-4-6-1-2-7(8)3-6;1-5-7(2,3)6(9)8-12(4,10)11;1-5-7(2,3)6(8)9-4;1-4-6(2,3)5(7)8/h10-12,26-27H,6-9H2,1-5H3;10-13,26H,4-9H2,1-3H3;9-12,21H,5-8H2,1-4H3;6-10,20H,3-5H2,1-2H3;6-8,18H,1-5H2;5H2,1-4H3,(H,8,9);5H2,1-4H3;4H2,1-3H3,(H,7,8). The number of sulfonamides is 1. The van der Waals surface area contributed by atoms with E-state index in [1.807, 2.05) is 60.1 Å². The van der Waals surface area contributed by atoms with Gasteiger partial charge < -0.3 is 54.7 Å². The highest BCUT2D eigenvalue weighted by Crippen LogP contribution is 2.63. The Balaban J connectivity index is 0.000000572. The first-order chi connectivity index (χ1) is 64.0. The van der Waals surface area contributed by atoms with Crippen molar-refractivity contribution in [3.8, 4) is 0 Å².